The van der Waals surface area contributed by atoms with E-state index in [1.165, 1.54) is 0 Å². The van der Waals surface area contributed by atoms with Gasteiger partial charge in [-0.2, -0.15) is 0 Å². The number of rotatable bonds is 3. The van der Waals surface area contributed by atoms with Crippen molar-refractivity contribution < 1.29 is 9.15 Å². The fourth-order valence-corrected chi connectivity index (χ4v) is 2.79. The molecule has 1 aromatic heterocycles. The third-order valence-corrected chi connectivity index (χ3v) is 3.79. The number of fused-ring (bicyclic) bond motifs is 1. The molecule has 1 saturated heterocycles. The lowest BCUT2D eigenvalue weighted by Gasteiger charge is -2.19. The number of halogens is 1. The van der Waals surface area contributed by atoms with Crippen molar-refractivity contribution in [2.75, 3.05) is 20.3 Å². The minimum absolute atomic E-state index is 0.207. The van der Waals surface area contributed by atoms with Crippen LogP contribution in [0.3, 0.4) is 0 Å². The maximum Gasteiger partial charge on any atom is 0.134 e. The molecule has 0 aliphatic carbocycles. The highest BCUT2D eigenvalue weighted by Gasteiger charge is 2.28. The second-order valence-electron chi connectivity index (χ2n) is 4.72. The Labute approximate surface area is 111 Å². The maximum absolute atomic E-state index is 5.99. The van der Waals surface area contributed by atoms with E-state index in [9.17, 15) is 0 Å². The van der Waals surface area contributed by atoms with E-state index in [0.29, 0.717) is 5.92 Å². The molecule has 0 amide bonds. The normalized spacial score (nSPS) is 21.6. The molecule has 1 aromatic carbocycles. The SMILES string of the molecule is CNC(c1cc2cc(Cl)ccc2o1)C1CCOC1. The Balaban J connectivity index is 1.96. The van der Waals surface area contributed by atoms with Gasteiger partial charge in [-0.25, -0.2) is 0 Å². The number of furan rings is 1. The van der Waals surface area contributed by atoms with Crippen LogP contribution < -0.4 is 5.32 Å². The summed E-state index contributed by atoms with van der Waals surface area (Å²) < 4.78 is 11.4. The first-order chi connectivity index (χ1) is 8.78. The quantitative estimate of drug-likeness (QED) is 0.924. The second-order valence-corrected chi connectivity index (χ2v) is 5.16. The molecule has 0 saturated carbocycles. The van der Waals surface area contributed by atoms with Gasteiger partial charge in [0, 0.05) is 22.9 Å². The number of nitrogens with one attached hydrogen (secondary N) is 1. The van der Waals surface area contributed by atoms with Gasteiger partial charge in [-0.1, -0.05) is 11.6 Å². The van der Waals surface area contributed by atoms with E-state index in [-0.39, 0.29) is 6.04 Å². The highest BCUT2D eigenvalue weighted by molar-refractivity contribution is 6.31. The summed E-state index contributed by atoms with van der Waals surface area (Å²) in [6.07, 6.45) is 1.07. The monoisotopic (exact) mass is 265 g/mol. The van der Waals surface area contributed by atoms with Gasteiger partial charge in [-0.05, 0) is 37.7 Å². The lowest BCUT2D eigenvalue weighted by Crippen LogP contribution is -2.25. The zero-order chi connectivity index (χ0) is 12.5. The standard InChI is InChI=1S/C14H16ClNO2/c1-16-14(9-4-5-17-8-9)13-7-10-6-11(15)2-3-12(10)18-13/h2-3,6-7,9,14,16H,4-5,8H2,1H3. The molecule has 1 N–H and O–H groups in total. The maximum atomic E-state index is 5.99. The number of hydrogen-bond acceptors (Lipinski definition) is 3. The van der Waals surface area contributed by atoms with Crippen molar-refractivity contribution in [2.24, 2.45) is 5.92 Å². The largest absolute Gasteiger partial charge is 0.459 e. The van der Waals surface area contributed by atoms with Crippen LogP contribution in [0.25, 0.3) is 11.0 Å². The van der Waals surface area contributed by atoms with Crippen LogP contribution in [0.2, 0.25) is 5.02 Å². The summed E-state index contributed by atoms with van der Waals surface area (Å²) in [4.78, 5) is 0. The van der Waals surface area contributed by atoms with Crippen molar-refractivity contribution >= 4 is 22.6 Å². The van der Waals surface area contributed by atoms with E-state index in [2.05, 4.69) is 11.4 Å². The Morgan fingerprint density at radius 2 is 2.28 bits per heavy atom. The molecule has 4 heteroatoms. The number of ether oxygens (including phenoxy) is 1. The molecule has 2 heterocycles. The predicted octanol–water partition coefficient (Wildman–Crippen LogP) is 3.38. The zero-order valence-electron chi connectivity index (χ0n) is 10.3. The van der Waals surface area contributed by atoms with E-state index in [1.807, 2.05) is 25.2 Å². The van der Waals surface area contributed by atoms with Crippen molar-refractivity contribution in [3.63, 3.8) is 0 Å². The van der Waals surface area contributed by atoms with Crippen LogP contribution in [0.15, 0.2) is 28.7 Å². The highest BCUT2D eigenvalue weighted by atomic mass is 35.5. The van der Waals surface area contributed by atoms with Crippen LogP contribution in [0, 0.1) is 5.92 Å². The number of hydrogen-bond donors (Lipinski definition) is 1. The Kier molecular flexibility index (Phi) is 3.29. The van der Waals surface area contributed by atoms with Gasteiger partial charge in [0.2, 0.25) is 0 Å². The summed E-state index contributed by atoms with van der Waals surface area (Å²) in [7, 11) is 1.96. The van der Waals surface area contributed by atoms with E-state index >= 15 is 0 Å². The molecule has 1 fully saturated rings. The minimum atomic E-state index is 0.207. The van der Waals surface area contributed by atoms with Gasteiger partial charge in [0.05, 0.1) is 12.6 Å². The fraction of sp³-hybridized carbons (Fsp3) is 0.429. The smallest absolute Gasteiger partial charge is 0.134 e. The Morgan fingerprint density at radius 3 is 3.00 bits per heavy atom. The third kappa shape index (κ3) is 2.14. The van der Waals surface area contributed by atoms with Crippen LogP contribution >= 0.6 is 11.6 Å². The molecule has 1 aliphatic heterocycles. The molecule has 0 spiro atoms. The Bertz CT molecular complexity index is 546. The van der Waals surface area contributed by atoms with Crippen LogP contribution in [0.4, 0.5) is 0 Å². The van der Waals surface area contributed by atoms with Crippen molar-refractivity contribution in [3.8, 4) is 0 Å². The Hall–Kier alpha value is -1.03. The average Bonchev–Trinajstić information content (AvgIpc) is 2.98. The summed E-state index contributed by atoms with van der Waals surface area (Å²) in [6.45, 7) is 1.64. The number of benzene rings is 1. The molecule has 3 nitrogen and oxygen atoms in total. The Morgan fingerprint density at radius 1 is 1.39 bits per heavy atom. The molecule has 1 aliphatic rings. The van der Waals surface area contributed by atoms with E-state index in [4.69, 9.17) is 20.8 Å². The van der Waals surface area contributed by atoms with Crippen LogP contribution in [0.1, 0.15) is 18.2 Å². The third-order valence-electron chi connectivity index (χ3n) is 3.55. The summed E-state index contributed by atoms with van der Waals surface area (Å²) in [5.74, 6) is 1.44. The first kappa shape index (κ1) is 12.0. The first-order valence-electron chi connectivity index (χ1n) is 6.22. The summed E-state index contributed by atoms with van der Waals surface area (Å²) in [5, 5.41) is 5.12. The van der Waals surface area contributed by atoms with Gasteiger partial charge in [0.25, 0.3) is 0 Å². The first-order valence-corrected chi connectivity index (χ1v) is 6.60. The molecule has 2 aromatic rings. The van der Waals surface area contributed by atoms with Gasteiger partial charge in [0.1, 0.15) is 11.3 Å². The van der Waals surface area contributed by atoms with Crippen molar-refractivity contribution in [2.45, 2.75) is 12.5 Å². The summed E-state index contributed by atoms with van der Waals surface area (Å²) in [6, 6.07) is 7.98. The van der Waals surface area contributed by atoms with Crippen LogP contribution in [-0.4, -0.2) is 20.3 Å². The predicted molar refractivity (Wildman–Crippen MR) is 72.0 cm³/mol. The van der Waals surface area contributed by atoms with Gasteiger partial charge in [-0.3, -0.25) is 0 Å². The van der Waals surface area contributed by atoms with Crippen molar-refractivity contribution in [1.82, 2.24) is 5.32 Å². The van der Waals surface area contributed by atoms with Gasteiger partial charge >= 0.3 is 0 Å². The molecule has 96 valence electrons. The van der Waals surface area contributed by atoms with Crippen LogP contribution in [0.5, 0.6) is 0 Å². The highest BCUT2D eigenvalue weighted by Crippen LogP contribution is 2.32. The average molecular weight is 266 g/mol. The molecule has 0 bridgehead atoms. The minimum Gasteiger partial charge on any atom is -0.459 e. The van der Waals surface area contributed by atoms with Gasteiger partial charge in [0.15, 0.2) is 0 Å². The molecular formula is C14H16ClNO2. The summed E-state index contributed by atoms with van der Waals surface area (Å²) in [5.41, 5.74) is 0.883. The van der Waals surface area contributed by atoms with Crippen molar-refractivity contribution in [3.05, 3.63) is 35.0 Å². The zero-order valence-corrected chi connectivity index (χ0v) is 11.0. The van der Waals surface area contributed by atoms with E-state index in [1.54, 1.807) is 0 Å². The topological polar surface area (TPSA) is 34.4 Å². The van der Waals surface area contributed by atoms with Crippen molar-refractivity contribution in [1.29, 1.82) is 0 Å². The summed E-state index contributed by atoms with van der Waals surface area (Å²) >= 11 is 5.99. The molecule has 18 heavy (non-hydrogen) atoms. The van der Waals surface area contributed by atoms with E-state index < -0.39 is 0 Å². The molecular weight excluding hydrogens is 250 g/mol. The molecule has 2 unspecified atom stereocenters. The molecule has 2 atom stereocenters. The van der Waals surface area contributed by atoms with E-state index in [0.717, 1.165) is 41.4 Å². The fourth-order valence-electron chi connectivity index (χ4n) is 2.61. The van der Waals surface area contributed by atoms with Gasteiger partial charge < -0.3 is 14.5 Å². The molecule has 0 radical (unpaired) electrons. The lowest BCUT2D eigenvalue weighted by molar-refractivity contribution is 0.175. The lowest BCUT2D eigenvalue weighted by atomic mass is 9.97. The van der Waals surface area contributed by atoms with Gasteiger partial charge in [-0.15, -0.1) is 0 Å². The second kappa shape index (κ2) is 4.92. The van der Waals surface area contributed by atoms with Crippen LogP contribution in [-0.2, 0) is 4.74 Å². The molecule has 3 rings (SSSR count).